The number of carbonyl (C=O) groups is 1. The van der Waals surface area contributed by atoms with Crippen LogP contribution in [0, 0.1) is 6.92 Å². The Morgan fingerprint density at radius 3 is 2.81 bits per heavy atom. The molecule has 0 atom stereocenters. The van der Waals surface area contributed by atoms with Crippen LogP contribution in [0.3, 0.4) is 0 Å². The second-order valence-electron chi connectivity index (χ2n) is 10.5. The Bertz CT molecular complexity index is 1300. The van der Waals surface area contributed by atoms with E-state index in [9.17, 15) is 4.79 Å². The van der Waals surface area contributed by atoms with E-state index in [1.807, 2.05) is 59.0 Å². The van der Waals surface area contributed by atoms with Crippen LogP contribution in [0.5, 0.6) is 0 Å². The highest BCUT2D eigenvalue weighted by atomic mass is 16.6. The van der Waals surface area contributed by atoms with E-state index in [-0.39, 0.29) is 6.09 Å². The second kappa shape index (κ2) is 9.49. The first-order chi connectivity index (χ1) is 17.6. The van der Waals surface area contributed by atoms with Crippen LogP contribution in [0.25, 0.3) is 5.32 Å². The molecule has 0 aliphatic carbocycles. The summed E-state index contributed by atoms with van der Waals surface area (Å²) in [6, 6.07) is 5.64. The van der Waals surface area contributed by atoms with Gasteiger partial charge in [0.25, 0.3) is 0 Å². The third kappa shape index (κ3) is 5.14. The van der Waals surface area contributed by atoms with Crippen LogP contribution < -0.4 is 11.1 Å². The molecule has 37 heavy (non-hydrogen) atoms. The molecule has 3 N–H and O–H groups in total. The van der Waals surface area contributed by atoms with Crippen molar-refractivity contribution in [3.05, 3.63) is 69.4 Å². The number of dihydropyridines is 1. The molecule has 1 aromatic carbocycles. The number of hydrogen-bond acceptors (Lipinski definition) is 8. The van der Waals surface area contributed by atoms with Crippen molar-refractivity contribution >= 4 is 23.4 Å². The summed E-state index contributed by atoms with van der Waals surface area (Å²) in [4.78, 5) is 26.2. The summed E-state index contributed by atoms with van der Waals surface area (Å²) in [6.07, 6.45) is 2.33. The standard InChI is InChI=1S/C27H34N7O3/c1-16-12-19(6-7-20(16)28)31-25-30-13-18-8-9-33(15-21(18)32-25)22-14-29-24-23(17(22)2)34(10-11-36-24)26(35)37-27(3,4)5/h6-7,12-13,29H,8-11,14-15,28H2,1-5H3/q-1. The zero-order chi connectivity index (χ0) is 26.3. The summed E-state index contributed by atoms with van der Waals surface area (Å²) >= 11 is 0. The number of aromatic nitrogens is 2. The number of amides is 1. The molecule has 0 saturated heterocycles. The molecule has 1 amide bonds. The summed E-state index contributed by atoms with van der Waals surface area (Å²) in [5.41, 5.74) is 12.8. The minimum Gasteiger partial charge on any atom is -0.476 e. The number of ether oxygens (including phenoxy) is 2. The maximum absolute atomic E-state index is 13.0. The Morgan fingerprint density at radius 2 is 2.05 bits per heavy atom. The molecule has 10 heteroatoms. The molecule has 0 saturated carbocycles. The lowest BCUT2D eigenvalue weighted by Gasteiger charge is -2.41. The normalized spacial score (nSPS) is 17.5. The quantitative estimate of drug-likeness (QED) is 0.591. The van der Waals surface area contributed by atoms with Crippen molar-refractivity contribution in [3.63, 3.8) is 0 Å². The molecule has 196 valence electrons. The van der Waals surface area contributed by atoms with Gasteiger partial charge in [0.2, 0.25) is 5.88 Å². The number of anilines is 1. The predicted octanol–water partition coefficient (Wildman–Crippen LogP) is 4.38. The maximum atomic E-state index is 13.0. The number of nitrogens with two attached hydrogens (primary N) is 1. The number of fused-ring (bicyclic) bond motifs is 1. The zero-order valence-corrected chi connectivity index (χ0v) is 22.1. The molecule has 2 aromatic rings. The Hall–Kier alpha value is -3.95. The van der Waals surface area contributed by atoms with Gasteiger partial charge in [-0.15, -0.1) is 0 Å². The lowest BCUT2D eigenvalue weighted by molar-refractivity contribution is 0.0190. The zero-order valence-electron chi connectivity index (χ0n) is 22.1. The minimum absolute atomic E-state index is 0.369. The van der Waals surface area contributed by atoms with Crippen molar-refractivity contribution < 1.29 is 14.3 Å². The molecule has 0 bridgehead atoms. The van der Waals surface area contributed by atoms with E-state index in [4.69, 9.17) is 20.2 Å². The van der Waals surface area contributed by atoms with Crippen molar-refractivity contribution in [1.82, 2.24) is 25.1 Å². The molecule has 0 radical (unpaired) electrons. The van der Waals surface area contributed by atoms with Gasteiger partial charge in [0.1, 0.15) is 17.9 Å². The Morgan fingerprint density at radius 1 is 1.24 bits per heavy atom. The van der Waals surface area contributed by atoms with E-state index in [0.29, 0.717) is 38.1 Å². The maximum Gasteiger partial charge on any atom is 0.415 e. The first-order valence-corrected chi connectivity index (χ1v) is 12.6. The number of nitrogens with one attached hydrogen (secondary N) is 1. The fraction of sp³-hybridized carbons (Fsp3) is 0.444. The summed E-state index contributed by atoms with van der Waals surface area (Å²) in [5, 5.41) is 7.98. The van der Waals surface area contributed by atoms with Crippen LogP contribution in [0.15, 0.2) is 47.2 Å². The SMILES string of the molecule is CC1=C(N2CCc3cnc([N-]c4ccc(N)c(C)c4)nc3C2)CNC2=C1N(C(=O)OC(C)(C)C)CCO2. The number of nitrogen functional groups attached to an aromatic ring is 1. The van der Waals surface area contributed by atoms with Gasteiger partial charge < -0.3 is 40.7 Å². The molecule has 0 spiro atoms. The Kier molecular flexibility index (Phi) is 6.35. The second-order valence-corrected chi connectivity index (χ2v) is 10.5. The lowest BCUT2D eigenvalue weighted by Crippen LogP contribution is -2.47. The number of nitrogens with zero attached hydrogens (tertiary/aromatic N) is 5. The van der Waals surface area contributed by atoms with Gasteiger partial charge in [-0.2, -0.15) is 0 Å². The van der Waals surface area contributed by atoms with E-state index in [1.165, 1.54) is 0 Å². The average Bonchev–Trinajstić information content (AvgIpc) is 2.85. The monoisotopic (exact) mass is 504 g/mol. The third-order valence-corrected chi connectivity index (χ3v) is 6.66. The van der Waals surface area contributed by atoms with Crippen LogP contribution in [-0.4, -0.2) is 57.7 Å². The lowest BCUT2D eigenvalue weighted by atomic mass is 10.0. The van der Waals surface area contributed by atoms with Crippen molar-refractivity contribution in [2.75, 3.05) is 32.0 Å². The van der Waals surface area contributed by atoms with Crippen LogP contribution in [-0.2, 0) is 22.4 Å². The predicted molar refractivity (Wildman–Crippen MR) is 141 cm³/mol. The molecule has 3 aliphatic heterocycles. The first kappa shape index (κ1) is 24.7. The van der Waals surface area contributed by atoms with E-state index < -0.39 is 5.60 Å². The number of carbonyl (C=O) groups excluding carboxylic acids is 1. The Labute approximate surface area is 217 Å². The first-order valence-electron chi connectivity index (χ1n) is 12.6. The highest BCUT2D eigenvalue weighted by Gasteiger charge is 2.35. The summed E-state index contributed by atoms with van der Waals surface area (Å²) in [6.45, 7) is 12.5. The molecule has 4 heterocycles. The number of rotatable bonds is 3. The van der Waals surface area contributed by atoms with Crippen molar-refractivity contribution in [2.24, 2.45) is 0 Å². The molecular formula is C27H34N7O3-. The van der Waals surface area contributed by atoms with Gasteiger partial charge in [-0.1, -0.05) is 6.07 Å². The van der Waals surface area contributed by atoms with Gasteiger partial charge in [0.05, 0.1) is 13.1 Å². The van der Waals surface area contributed by atoms with E-state index in [1.54, 1.807) is 4.90 Å². The summed E-state index contributed by atoms with van der Waals surface area (Å²) < 4.78 is 11.5. The molecule has 3 aliphatic rings. The van der Waals surface area contributed by atoms with Crippen molar-refractivity contribution in [2.45, 2.75) is 53.2 Å². The fourth-order valence-electron chi connectivity index (χ4n) is 4.75. The molecule has 5 rings (SSSR count). The van der Waals surface area contributed by atoms with Crippen LogP contribution in [0.1, 0.15) is 44.5 Å². The van der Waals surface area contributed by atoms with Gasteiger partial charge >= 0.3 is 6.09 Å². The van der Waals surface area contributed by atoms with Gasteiger partial charge in [-0.25, -0.2) is 4.79 Å². The molecule has 0 fully saturated rings. The average molecular weight is 505 g/mol. The number of allylic oxidation sites excluding steroid dienone is 1. The van der Waals surface area contributed by atoms with Gasteiger partial charge in [-0.05, 0) is 87.5 Å². The largest absolute Gasteiger partial charge is 0.476 e. The third-order valence-electron chi connectivity index (χ3n) is 6.66. The van der Waals surface area contributed by atoms with Crippen molar-refractivity contribution in [3.8, 4) is 0 Å². The van der Waals surface area contributed by atoms with E-state index in [2.05, 4.69) is 20.5 Å². The highest BCUT2D eigenvalue weighted by Crippen LogP contribution is 2.34. The summed E-state index contributed by atoms with van der Waals surface area (Å²) in [7, 11) is 0. The van der Waals surface area contributed by atoms with Crippen LogP contribution >= 0.6 is 0 Å². The van der Waals surface area contributed by atoms with E-state index >= 15 is 0 Å². The van der Waals surface area contributed by atoms with Crippen LogP contribution in [0.4, 0.5) is 22.1 Å². The molecule has 1 aromatic heterocycles. The topological polar surface area (TPSA) is 120 Å². The van der Waals surface area contributed by atoms with Crippen LogP contribution in [0.2, 0.25) is 0 Å². The fourth-order valence-corrected chi connectivity index (χ4v) is 4.75. The minimum atomic E-state index is -0.581. The number of benzene rings is 1. The molecule has 0 unspecified atom stereocenters. The molecule has 10 nitrogen and oxygen atoms in total. The van der Waals surface area contributed by atoms with Gasteiger partial charge in [0, 0.05) is 30.4 Å². The number of aryl methyl sites for hydroxylation is 1. The Balaban J connectivity index is 1.38. The highest BCUT2D eigenvalue weighted by molar-refractivity contribution is 5.72. The van der Waals surface area contributed by atoms with Crippen molar-refractivity contribution in [1.29, 1.82) is 0 Å². The van der Waals surface area contributed by atoms with Gasteiger partial charge in [-0.3, -0.25) is 4.90 Å². The van der Waals surface area contributed by atoms with E-state index in [0.717, 1.165) is 58.1 Å². The number of hydrogen-bond donors (Lipinski definition) is 2. The summed E-state index contributed by atoms with van der Waals surface area (Å²) in [5.74, 6) is 1.05. The smallest absolute Gasteiger partial charge is 0.415 e. The van der Waals surface area contributed by atoms with Gasteiger partial charge in [0.15, 0.2) is 0 Å². The molecular weight excluding hydrogens is 470 g/mol.